The summed E-state index contributed by atoms with van der Waals surface area (Å²) in [5.74, 6) is -1.15. The summed E-state index contributed by atoms with van der Waals surface area (Å²) in [6.45, 7) is 5.77. The first-order valence-electron chi connectivity index (χ1n) is 11.1. The molecule has 2 heterocycles. The molecule has 8 heteroatoms. The number of benzene rings is 2. The fourth-order valence-electron chi connectivity index (χ4n) is 3.84. The Labute approximate surface area is 196 Å². The first kappa shape index (κ1) is 23.1. The molecule has 0 spiro atoms. The average Bonchev–Trinajstić information content (AvgIpc) is 3.20. The number of pyridine rings is 1. The van der Waals surface area contributed by atoms with Crippen molar-refractivity contribution in [3.63, 3.8) is 0 Å². The highest BCUT2D eigenvalue weighted by atomic mass is 19.1. The van der Waals surface area contributed by atoms with Crippen LogP contribution in [0.4, 0.5) is 10.1 Å². The van der Waals surface area contributed by atoms with Gasteiger partial charge in [0.05, 0.1) is 22.3 Å². The van der Waals surface area contributed by atoms with Crippen molar-refractivity contribution in [2.24, 2.45) is 0 Å². The number of carbonyl (C=O) groups is 2. The molecule has 0 unspecified atom stereocenters. The van der Waals surface area contributed by atoms with Gasteiger partial charge in [0.2, 0.25) is 5.91 Å². The topological polar surface area (TPSA) is 88.3 Å². The van der Waals surface area contributed by atoms with E-state index in [9.17, 15) is 14.0 Å². The molecule has 1 N–H and O–H groups in total. The molecular weight excluding hydrogens is 435 g/mol. The molecule has 174 valence electrons. The minimum absolute atomic E-state index is 0.135. The number of para-hydroxylation sites is 1. The van der Waals surface area contributed by atoms with Crippen molar-refractivity contribution < 1.29 is 18.5 Å². The fraction of sp³-hybridized carbons (Fsp3) is 0.231. The van der Waals surface area contributed by atoms with E-state index < -0.39 is 5.82 Å². The normalized spacial score (nSPS) is 10.9. The van der Waals surface area contributed by atoms with Crippen LogP contribution in [0.3, 0.4) is 0 Å². The van der Waals surface area contributed by atoms with Crippen LogP contribution in [0.5, 0.6) is 0 Å². The van der Waals surface area contributed by atoms with Gasteiger partial charge in [-0.2, -0.15) is 0 Å². The molecular formula is C26H25FN4O3. The maximum atomic E-state index is 14.5. The first-order valence-corrected chi connectivity index (χ1v) is 11.1. The quantitative estimate of drug-likeness (QED) is 0.413. The second-order valence-electron chi connectivity index (χ2n) is 8.07. The van der Waals surface area contributed by atoms with Crippen molar-refractivity contribution in [3.8, 4) is 11.3 Å². The van der Waals surface area contributed by atoms with Crippen LogP contribution in [0.1, 0.15) is 35.0 Å². The van der Waals surface area contributed by atoms with Gasteiger partial charge in [-0.15, -0.1) is 0 Å². The molecule has 0 saturated heterocycles. The molecule has 0 bridgehead atoms. The van der Waals surface area contributed by atoms with Crippen LogP contribution in [-0.2, 0) is 4.79 Å². The number of hydrogen-bond donors (Lipinski definition) is 1. The molecule has 2 aromatic carbocycles. The van der Waals surface area contributed by atoms with E-state index in [1.54, 1.807) is 25.1 Å². The molecule has 2 amide bonds. The van der Waals surface area contributed by atoms with Crippen LogP contribution in [0, 0.1) is 19.7 Å². The molecule has 0 saturated carbocycles. The molecule has 2 aromatic heterocycles. The van der Waals surface area contributed by atoms with Crippen LogP contribution in [0.25, 0.3) is 22.4 Å². The largest absolute Gasteiger partial charge is 0.335 e. The number of fused-ring (bicyclic) bond motifs is 1. The Kier molecular flexibility index (Phi) is 6.67. The number of anilines is 1. The third-order valence-electron chi connectivity index (χ3n) is 5.53. The number of nitrogens with zero attached hydrogens (tertiary/aromatic N) is 3. The van der Waals surface area contributed by atoms with E-state index in [4.69, 9.17) is 4.52 Å². The highest BCUT2D eigenvalue weighted by Gasteiger charge is 2.25. The summed E-state index contributed by atoms with van der Waals surface area (Å²) >= 11 is 0. The Morgan fingerprint density at radius 2 is 1.82 bits per heavy atom. The lowest BCUT2D eigenvalue weighted by Gasteiger charge is -2.22. The molecule has 0 aliphatic heterocycles. The monoisotopic (exact) mass is 460 g/mol. The standard InChI is InChI=1S/C26H25FN4O3/c1-4-13-31(15-23(32)28-21-12-8-5-9-16(21)2)26(33)19-14-22(18-10-6-7-11-20(18)27)29-25-24(19)17(3)30-34-25/h5-12,14H,4,13,15H2,1-3H3,(H,28,32). The number of amides is 2. The highest BCUT2D eigenvalue weighted by molar-refractivity contribution is 6.08. The van der Waals surface area contributed by atoms with Gasteiger partial charge in [0.25, 0.3) is 11.6 Å². The lowest BCUT2D eigenvalue weighted by Crippen LogP contribution is -2.38. The van der Waals surface area contributed by atoms with Crippen molar-refractivity contribution in [2.45, 2.75) is 27.2 Å². The molecule has 7 nitrogen and oxygen atoms in total. The molecule has 34 heavy (non-hydrogen) atoms. The maximum absolute atomic E-state index is 14.5. The van der Waals surface area contributed by atoms with Gasteiger partial charge in [0.1, 0.15) is 12.4 Å². The van der Waals surface area contributed by atoms with Crippen molar-refractivity contribution in [3.05, 3.63) is 77.2 Å². The van der Waals surface area contributed by atoms with E-state index in [0.29, 0.717) is 29.7 Å². The zero-order valence-corrected chi connectivity index (χ0v) is 19.3. The van der Waals surface area contributed by atoms with Gasteiger partial charge < -0.3 is 14.7 Å². The van der Waals surface area contributed by atoms with E-state index in [2.05, 4.69) is 15.5 Å². The SMILES string of the molecule is CCCN(CC(=O)Nc1ccccc1C)C(=O)c1cc(-c2ccccc2F)nc2onc(C)c12. The third kappa shape index (κ3) is 4.66. The van der Waals surface area contributed by atoms with E-state index in [-0.39, 0.29) is 40.9 Å². The van der Waals surface area contributed by atoms with Gasteiger partial charge in [0, 0.05) is 17.8 Å². The Bertz CT molecular complexity index is 1370. The number of halogens is 1. The minimum atomic E-state index is -0.466. The van der Waals surface area contributed by atoms with Gasteiger partial charge in [-0.3, -0.25) is 9.59 Å². The van der Waals surface area contributed by atoms with Crippen molar-refractivity contribution >= 4 is 28.6 Å². The van der Waals surface area contributed by atoms with E-state index in [0.717, 1.165) is 5.56 Å². The number of aryl methyl sites for hydroxylation is 2. The lowest BCUT2D eigenvalue weighted by molar-refractivity contribution is -0.116. The predicted molar refractivity (Wildman–Crippen MR) is 128 cm³/mol. The van der Waals surface area contributed by atoms with Gasteiger partial charge in [-0.05, 0) is 50.1 Å². The summed E-state index contributed by atoms with van der Waals surface area (Å²) in [7, 11) is 0. The summed E-state index contributed by atoms with van der Waals surface area (Å²) in [6.07, 6.45) is 0.653. The summed E-state index contributed by atoms with van der Waals surface area (Å²) < 4.78 is 19.8. The first-order chi connectivity index (χ1) is 16.4. The average molecular weight is 461 g/mol. The molecule has 4 rings (SSSR count). The van der Waals surface area contributed by atoms with Crippen LogP contribution in [-0.4, -0.2) is 39.9 Å². The Morgan fingerprint density at radius 3 is 2.56 bits per heavy atom. The summed E-state index contributed by atoms with van der Waals surface area (Å²) in [6, 6.07) is 15.2. The Balaban J connectivity index is 1.70. The fourth-order valence-corrected chi connectivity index (χ4v) is 3.84. The van der Waals surface area contributed by atoms with Crippen LogP contribution >= 0.6 is 0 Å². The molecule has 0 aliphatic rings. The number of nitrogens with one attached hydrogen (secondary N) is 1. The summed E-state index contributed by atoms with van der Waals surface area (Å²) in [4.78, 5) is 32.3. The molecule has 0 radical (unpaired) electrons. The van der Waals surface area contributed by atoms with Crippen molar-refractivity contribution in [1.29, 1.82) is 0 Å². The maximum Gasteiger partial charge on any atom is 0.259 e. The number of carbonyl (C=O) groups excluding carboxylic acids is 2. The van der Waals surface area contributed by atoms with E-state index in [1.807, 2.05) is 38.1 Å². The second kappa shape index (κ2) is 9.82. The summed E-state index contributed by atoms with van der Waals surface area (Å²) in [5.41, 5.74) is 3.01. The molecule has 0 aliphatic carbocycles. The van der Waals surface area contributed by atoms with Crippen LogP contribution in [0.2, 0.25) is 0 Å². The van der Waals surface area contributed by atoms with E-state index in [1.165, 1.54) is 17.0 Å². The highest BCUT2D eigenvalue weighted by Crippen LogP contribution is 2.29. The van der Waals surface area contributed by atoms with Crippen molar-refractivity contribution in [1.82, 2.24) is 15.0 Å². The molecule has 4 aromatic rings. The summed E-state index contributed by atoms with van der Waals surface area (Å²) in [5, 5.41) is 7.26. The second-order valence-corrected chi connectivity index (χ2v) is 8.07. The van der Waals surface area contributed by atoms with E-state index >= 15 is 0 Å². The smallest absolute Gasteiger partial charge is 0.259 e. The molecule has 0 atom stereocenters. The van der Waals surface area contributed by atoms with Crippen molar-refractivity contribution in [2.75, 3.05) is 18.4 Å². The van der Waals surface area contributed by atoms with Gasteiger partial charge in [0.15, 0.2) is 0 Å². The zero-order chi connectivity index (χ0) is 24.2. The Hall–Kier alpha value is -4.07. The minimum Gasteiger partial charge on any atom is -0.335 e. The Morgan fingerprint density at radius 1 is 1.09 bits per heavy atom. The number of aromatic nitrogens is 2. The van der Waals surface area contributed by atoms with Crippen LogP contribution in [0.15, 0.2) is 59.1 Å². The lowest BCUT2D eigenvalue weighted by atomic mass is 10.0. The third-order valence-corrected chi connectivity index (χ3v) is 5.53. The molecule has 0 fully saturated rings. The number of rotatable bonds is 7. The van der Waals surface area contributed by atoms with Crippen LogP contribution < -0.4 is 5.32 Å². The predicted octanol–water partition coefficient (Wildman–Crippen LogP) is 5.14. The zero-order valence-electron chi connectivity index (χ0n) is 19.3. The van der Waals surface area contributed by atoms with Gasteiger partial charge in [-0.1, -0.05) is 42.4 Å². The van der Waals surface area contributed by atoms with Gasteiger partial charge >= 0.3 is 0 Å². The van der Waals surface area contributed by atoms with Gasteiger partial charge in [-0.25, -0.2) is 9.37 Å². The number of hydrogen-bond acceptors (Lipinski definition) is 5.